The molecule has 0 bridgehead atoms. The number of anilines is 1. The van der Waals surface area contributed by atoms with E-state index in [2.05, 4.69) is 25.6 Å². The second kappa shape index (κ2) is 5.72. The molecule has 104 valence electrons. The Hall–Kier alpha value is -1.73. The maximum Gasteiger partial charge on any atom is 0.263 e. The van der Waals surface area contributed by atoms with E-state index in [9.17, 15) is 13.2 Å². The van der Waals surface area contributed by atoms with Gasteiger partial charge in [-0.15, -0.1) is 0 Å². The average molecular weight is 355 g/mol. The number of halogens is 1. The molecule has 0 fully saturated rings. The molecule has 0 saturated heterocycles. The summed E-state index contributed by atoms with van der Waals surface area (Å²) in [5.41, 5.74) is 0.909. The van der Waals surface area contributed by atoms with Gasteiger partial charge in [-0.05, 0) is 53.2 Å². The van der Waals surface area contributed by atoms with Crippen LogP contribution in [0.2, 0.25) is 0 Å². The zero-order valence-electron chi connectivity index (χ0n) is 10.5. The van der Waals surface area contributed by atoms with E-state index in [1.54, 1.807) is 24.3 Å². The molecule has 0 aliphatic rings. The molecule has 0 aliphatic heterocycles. The summed E-state index contributed by atoms with van der Waals surface area (Å²) >= 11 is 3.17. The van der Waals surface area contributed by atoms with Gasteiger partial charge in [0.05, 0.1) is 0 Å². The number of benzene rings is 1. The number of Topliss-reactive ketones (excluding diaryl/α,β-unsaturated/α-hetero) is 1. The lowest BCUT2D eigenvalue weighted by Crippen LogP contribution is -2.13. The van der Waals surface area contributed by atoms with Gasteiger partial charge in [0.25, 0.3) is 10.0 Å². The van der Waals surface area contributed by atoms with Gasteiger partial charge in [-0.1, -0.05) is 0 Å². The summed E-state index contributed by atoms with van der Waals surface area (Å²) in [4.78, 5) is 15.0. The summed E-state index contributed by atoms with van der Waals surface area (Å²) in [7, 11) is -3.70. The topological polar surface area (TPSA) is 76.1 Å². The molecular formula is C13H11BrN2O3S. The first-order chi connectivity index (χ1) is 9.38. The number of carbonyl (C=O) groups is 1. The highest BCUT2D eigenvalue weighted by Crippen LogP contribution is 2.18. The number of pyridine rings is 1. The fourth-order valence-electron chi connectivity index (χ4n) is 1.53. The Kier molecular flexibility index (Phi) is 4.20. The summed E-state index contributed by atoms with van der Waals surface area (Å²) in [5.74, 6) is -0.0735. The first-order valence-corrected chi connectivity index (χ1v) is 7.90. The fourth-order valence-corrected chi connectivity index (χ4v) is 3.09. The molecule has 0 unspecified atom stereocenters. The third kappa shape index (κ3) is 3.43. The van der Waals surface area contributed by atoms with E-state index in [0.717, 1.165) is 0 Å². The van der Waals surface area contributed by atoms with E-state index in [4.69, 9.17) is 0 Å². The van der Waals surface area contributed by atoms with Crippen molar-refractivity contribution in [3.05, 3.63) is 52.8 Å². The SMILES string of the molecule is CC(=O)c1ccc(NS(=O)(=O)c2cncc(Br)c2)cc1. The number of carbonyl (C=O) groups excluding carboxylic acids is 1. The van der Waals surface area contributed by atoms with Crippen LogP contribution in [-0.2, 0) is 10.0 Å². The highest BCUT2D eigenvalue weighted by atomic mass is 79.9. The first kappa shape index (κ1) is 14.7. The smallest absolute Gasteiger partial charge is 0.263 e. The highest BCUT2D eigenvalue weighted by Gasteiger charge is 2.15. The summed E-state index contributed by atoms with van der Waals surface area (Å²) < 4.78 is 27.3. The molecule has 0 aliphatic carbocycles. The summed E-state index contributed by atoms with van der Waals surface area (Å²) in [5, 5.41) is 0. The number of hydrogen-bond acceptors (Lipinski definition) is 4. The molecular weight excluding hydrogens is 344 g/mol. The lowest BCUT2D eigenvalue weighted by molar-refractivity contribution is 0.101. The molecule has 0 saturated carbocycles. The van der Waals surface area contributed by atoms with Crippen molar-refractivity contribution in [2.75, 3.05) is 4.72 Å². The molecule has 1 heterocycles. The Morgan fingerprint density at radius 3 is 2.40 bits per heavy atom. The van der Waals surface area contributed by atoms with Gasteiger partial charge < -0.3 is 0 Å². The van der Waals surface area contributed by atoms with Gasteiger partial charge >= 0.3 is 0 Å². The minimum atomic E-state index is -3.70. The van der Waals surface area contributed by atoms with Crippen LogP contribution in [0.4, 0.5) is 5.69 Å². The molecule has 1 N–H and O–H groups in total. The van der Waals surface area contributed by atoms with Crippen molar-refractivity contribution in [3.8, 4) is 0 Å². The molecule has 0 radical (unpaired) electrons. The first-order valence-electron chi connectivity index (χ1n) is 5.63. The number of rotatable bonds is 4. The van der Waals surface area contributed by atoms with E-state index in [1.807, 2.05) is 0 Å². The Morgan fingerprint density at radius 1 is 1.20 bits per heavy atom. The van der Waals surface area contributed by atoms with E-state index in [1.165, 1.54) is 25.4 Å². The molecule has 2 aromatic rings. The quantitative estimate of drug-likeness (QED) is 0.856. The minimum absolute atomic E-state index is 0.0579. The van der Waals surface area contributed by atoms with E-state index in [0.29, 0.717) is 15.7 Å². The Balaban J connectivity index is 2.26. The van der Waals surface area contributed by atoms with Crippen LogP contribution in [0.1, 0.15) is 17.3 Å². The number of nitrogens with zero attached hydrogens (tertiary/aromatic N) is 1. The van der Waals surface area contributed by atoms with E-state index in [-0.39, 0.29) is 10.7 Å². The molecule has 20 heavy (non-hydrogen) atoms. The lowest BCUT2D eigenvalue weighted by atomic mass is 10.1. The normalized spacial score (nSPS) is 11.1. The zero-order valence-corrected chi connectivity index (χ0v) is 12.9. The Labute approximate surface area is 125 Å². The molecule has 1 aromatic carbocycles. The molecule has 2 rings (SSSR count). The number of ketones is 1. The summed E-state index contributed by atoms with van der Waals surface area (Å²) in [6, 6.07) is 7.68. The third-order valence-corrected chi connectivity index (χ3v) is 4.32. The standard InChI is InChI=1S/C13H11BrN2O3S/c1-9(17)10-2-4-12(5-3-10)16-20(18,19)13-6-11(14)7-15-8-13/h2-8,16H,1H3. The van der Waals surface area contributed by atoms with Crippen LogP contribution in [0.3, 0.4) is 0 Å². The highest BCUT2D eigenvalue weighted by molar-refractivity contribution is 9.10. The number of aromatic nitrogens is 1. The number of nitrogens with one attached hydrogen (secondary N) is 1. The van der Waals surface area contributed by atoms with Crippen LogP contribution in [0, 0.1) is 0 Å². The van der Waals surface area contributed by atoms with Crippen LogP contribution in [0.25, 0.3) is 0 Å². The summed E-state index contributed by atoms with van der Waals surface area (Å²) in [6.45, 7) is 1.45. The predicted molar refractivity (Wildman–Crippen MR) is 79.2 cm³/mol. The minimum Gasteiger partial charge on any atom is -0.295 e. The Bertz CT molecular complexity index is 742. The largest absolute Gasteiger partial charge is 0.295 e. The van der Waals surface area contributed by atoms with Crippen LogP contribution < -0.4 is 4.72 Å². The van der Waals surface area contributed by atoms with Crippen LogP contribution in [-0.4, -0.2) is 19.2 Å². The molecule has 7 heteroatoms. The van der Waals surface area contributed by atoms with Gasteiger partial charge in [-0.25, -0.2) is 8.42 Å². The molecule has 0 spiro atoms. The third-order valence-electron chi connectivity index (χ3n) is 2.53. The van der Waals surface area contributed by atoms with Crippen molar-refractivity contribution in [2.45, 2.75) is 11.8 Å². The second-order valence-electron chi connectivity index (χ2n) is 4.08. The molecule has 0 atom stereocenters. The van der Waals surface area contributed by atoms with E-state index < -0.39 is 10.0 Å². The average Bonchev–Trinajstić information content (AvgIpc) is 2.39. The van der Waals surface area contributed by atoms with Crippen LogP contribution >= 0.6 is 15.9 Å². The lowest BCUT2D eigenvalue weighted by Gasteiger charge is -2.08. The van der Waals surface area contributed by atoms with Crippen molar-refractivity contribution in [3.63, 3.8) is 0 Å². The molecule has 1 aromatic heterocycles. The molecule has 5 nitrogen and oxygen atoms in total. The Morgan fingerprint density at radius 2 is 1.85 bits per heavy atom. The van der Waals surface area contributed by atoms with Gasteiger partial charge in [0.15, 0.2) is 5.78 Å². The maximum atomic E-state index is 12.1. The fraction of sp³-hybridized carbons (Fsp3) is 0.0769. The van der Waals surface area contributed by atoms with E-state index >= 15 is 0 Å². The zero-order chi connectivity index (χ0) is 14.8. The monoisotopic (exact) mass is 354 g/mol. The van der Waals surface area contributed by atoms with Crippen molar-refractivity contribution in [2.24, 2.45) is 0 Å². The van der Waals surface area contributed by atoms with Crippen LogP contribution in [0.15, 0.2) is 52.1 Å². The van der Waals surface area contributed by atoms with Crippen molar-refractivity contribution < 1.29 is 13.2 Å². The number of hydrogen-bond donors (Lipinski definition) is 1. The van der Waals surface area contributed by atoms with Gasteiger partial charge in [0.1, 0.15) is 4.90 Å². The van der Waals surface area contributed by atoms with Crippen molar-refractivity contribution in [1.29, 1.82) is 0 Å². The van der Waals surface area contributed by atoms with Crippen LogP contribution in [0.5, 0.6) is 0 Å². The molecule has 0 amide bonds. The van der Waals surface area contributed by atoms with Gasteiger partial charge in [-0.3, -0.25) is 14.5 Å². The van der Waals surface area contributed by atoms with Gasteiger partial charge in [-0.2, -0.15) is 0 Å². The number of sulfonamides is 1. The summed E-state index contributed by atoms with van der Waals surface area (Å²) in [6.07, 6.45) is 2.76. The van der Waals surface area contributed by atoms with Crippen molar-refractivity contribution in [1.82, 2.24) is 4.98 Å². The second-order valence-corrected chi connectivity index (χ2v) is 6.68. The maximum absolute atomic E-state index is 12.1. The van der Waals surface area contributed by atoms with Gasteiger partial charge in [0.2, 0.25) is 0 Å². The van der Waals surface area contributed by atoms with Crippen molar-refractivity contribution >= 4 is 37.4 Å². The predicted octanol–water partition coefficient (Wildman–Crippen LogP) is 2.85. The van der Waals surface area contributed by atoms with Gasteiger partial charge in [0, 0.05) is 28.1 Å².